The fraction of sp³-hybridized carbons (Fsp3) is 0.241. The highest BCUT2D eigenvalue weighted by Gasteiger charge is 2.77. The van der Waals surface area contributed by atoms with Gasteiger partial charge in [-0.05, 0) is 29.8 Å². The number of aliphatic hydroxyl groups excluding tert-OH is 1. The number of amides is 2. The largest absolute Gasteiger partial charge is 0.463 e. The highest BCUT2D eigenvalue weighted by atomic mass is 35.5. The molecule has 4 aromatic rings. The maximum absolute atomic E-state index is 15.1. The molecule has 3 aliphatic rings. The number of alkyl halides is 2. The molecule has 2 aromatic carbocycles. The predicted molar refractivity (Wildman–Crippen MR) is 149 cm³/mol. The number of anilines is 1. The predicted octanol–water partition coefficient (Wildman–Crippen LogP) is 3.78. The first-order valence-electron chi connectivity index (χ1n) is 13.5. The molecule has 2 fully saturated rings. The van der Waals surface area contributed by atoms with Gasteiger partial charge in [-0.1, -0.05) is 24.3 Å². The Morgan fingerprint density at radius 2 is 1.48 bits per heavy atom. The molecule has 2 aromatic heterocycles. The second kappa shape index (κ2) is 10.0. The Morgan fingerprint density at radius 3 is 2.09 bits per heavy atom. The van der Waals surface area contributed by atoms with E-state index < -0.39 is 92.7 Å². The van der Waals surface area contributed by atoms with Gasteiger partial charge in [0, 0.05) is 6.42 Å². The lowest BCUT2D eigenvalue weighted by atomic mass is 9.65. The minimum absolute atomic E-state index is 0.0355. The molecule has 46 heavy (non-hydrogen) atoms. The topological polar surface area (TPSA) is 120 Å². The van der Waals surface area contributed by atoms with Crippen molar-refractivity contribution in [1.82, 2.24) is 13.9 Å². The third-order valence-electron chi connectivity index (χ3n) is 8.63. The van der Waals surface area contributed by atoms with Crippen molar-refractivity contribution in [2.24, 2.45) is 0 Å². The molecule has 2 aliphatic heterocycles. The van der Waals surface area contributed by atoms with Crippen LogP contribution in [0.25, 0.3) is 5.69 Å². The van der Waals surface area contributed by atoms with Gasteiger partial charge < -0.3 is 9.52 Å². The first kappa shape index (κ1) is 30.2. The minimum Gasteiger partial charge on any atom is -0.463 e. The van der Waals surface area contributed by atoms with Gasteiger partial charge in [-0.3, -0.25) is 9.59 Å². The number of hydrogen-bond donors (Lipinski definition) is 1. The lowest BCUT2D eigenvalue weighted by molar-refractivity contribution is -0.122. The van der Waals surface area contributed by atoms with Gasteiger partial charge in [-0.25, -0.2) is 50.4 Å². The number of benzene rings is 2. The molecule has 0 spiro atoms. The quantitative estimate of drug-likeness (QED) is 0.0874. The Morgan fingerprint density at radius 1 is 0.848 bits per heavy atom. The zero-order valence-corrected chi connectivity index (χ0v) is 24.3. The molecule has 10 nitrogen and oxygen atoms in total. The van der Waals surface area contributed by atoms with Crippen LogP contribution in [0, 0.1) is 29.1 Å². The van der Waals surface area contributed by atoms with Gasteiger partial charge in [0.15, 0.2) is 33.0 Å². The number of imide groups is 1. The number of hydrogen-bond acceptors (Lipinski definition) is 6. The third kappa shape index (κ3) is 3.61. The maximum Gasteiger partial charge on any atom is 0.352 e. The molecule has 1 saturated carbocycles. The molecule has 1 aliphatic carbocycles. The average molecular weight is 683 g/mol. The normalized spacial score (nSPS) is 25.4. The van der Waals surface area contributed by atoms with Crippen LogP contribution in [0.2, 0.25) is 0 Å². The fourth-order valence-corrected chi connectivity index (χ4v) is 7.47. The molecule has 2 amide bonds. The van der Waals surface area contributed by atoms with Crippen molar-refractivity contribution in [3.63, 3.8) is 0 Å². The van der Waals surface area contributed by atoms with Crippen molar-refractivity contribution in [2.45, 2.75) is 41.3 Å². The summed E-state index contributed by atoms with van der Waals surface area (Å²) in [5, 5.41) is 9.64. The minimum atomic E-state index is -2.74. The van der Waals surface area contributed by atoms with Gasteiger partial charge in [-0.2, -0.15) is 0 Å². The summed E-state index contributed by atoms with van der Waals surface area (Å²) in [5.41, 5.74) is -3.21. The van der Waals surface area contributed by atoms with E-state index in [0.717, 1.165) is 13.9 Å². The van der Waals surface area contributed by atoms with E-state index in [0.29, 0.717) is 0 Å². The van der Waals surface area contributed by atoms with E-state index in [1.165, 1.54) is 30.3 Å². The molecule has 1 N–H and O–H groups in total. The monoisotopic (exact) mass is 682 g/mol. The summed E-state index contributed by atoms with van der Waals surface area (Å²) < 4.78 is 81.2. The number of para-hydroxylation sites is 1. The molecule has 4 heterocycles. The summed E-state index contributed by atoms with van der Waals surface area (Å²) in [6.07, 6.45) is 0.689. The van der Waals surface area contributed by atoms with Gasteiger partial charge in [0.25, 0.3) is 11.8 Å². The van der Waals surface area contributed by atoms with E-state index in [1.54, 1.807) is 18.2 Å². The van der Waals surface area contributed by atoms with Gasteiger partial charge >= 0.3 is 11.4 Å². The summed E-state index contributed by atoms with van der Waals surface area (Å²) in [6.45, 7) is -0.880. The molecule has 0 radical (unpaired) electrons. The van der Waals surface area contributed by atoms with Crippen molar-refractivity contribution in [3.05, 3.63) is 116 Å². The Labute approximate surface area is 263 Å². The Hall–Kier alpha value is -4.47. The van der Waals surface area contributed by atoms with Crippen LogP contribution in [-0.2, 0) is 22.7 Å². The number of halogens is 7. The van der Waals surface area contributed by atoms with E-state index in [2.05, 4.69) is 0 Å². The van der Waals surface area contributed by atoms with Crippen LogP contribution in [0.3, 0.4) is 0 Å². The van der Waals surface area contributed by atoms with Crippen LogP contribution in [0.5, 0.6) is 0 Å². The number of nitrogens with zero attached hydrogens (tertiary/aromatic N) is 4. The van der Waals surface area contributed by atoms with Crippen LogP contribution < -0.4 is 16.3 Å². The number of allylic oxidation sites excluding steroid dienone is 2. The molecule has 4 atom stereocenters. The molecule has 238 valence electrons. The number of carbonyl (C=O) groups excluding carboxylic acids is 2. The van der Waals surface area contributed by atoms with E-state index in [9.17, 15) is 37.5 Å². The second-order valence-electron chi connectivity index (χ2n) is 10.9. The van der Waals surface area contributed by atoms with E-state index in [4.69, 9.17) is 27.6 Å². The molecular weight excluding hydrogens is 666 g/mol. The van der Waals surface area contributed by atoms with Crippen LogP contribution in [-0.4, -0.2) is 40.6 Å². The summed E-state index contributed by atoms with van der Waals surface area (Å²) >= 11 is 13.9. The zero-order valence-electron chi connectivity index (χ0n) is 22.8. The van der Waals surface area contributed by atoms with Gasteiger partial charge in [0.05, 0.1) is 24.2 Å². The Kier molecular flexibility index (Phi) is 6.57. The molecule has 0 bridgehead atoms. The molecular formula is C29H17Cl2F5N4O6. The smallest absolute Gasteiger partial charge is 0.352 e. The lowest BCUT2D eigenvalue weighted by Gasteiger charge is -2.48. The van der Waals surface area contributed by atoms with Gasteiger partial charge in [-0.15, -0.1) is 23.2 Å². The summed E-state index contributed by atoms with van der Waals surface area (Å²) in [7, 11) is 0. The van der Waals surface area contributed by atoms with Gasteiger partial charge in [0.1, 0.15) is 23.8 Å². The number of aliphatic hydroxyl groups is 1. The number of rotatable bonds is 4. The number of carbonyl (C=O) groups is 2. The van der Waals surface area contributed by atoms with Gasteiger partial charge in [0.2, 0.25) is 5.82 Å². The summed E-state index contributed by atoms with van der Waals surface area (Å²) in [5.74, 6) is -17.5. The van der Waals surface area contributed by atoms with Crippen molar-refractivity contribution >= 4 is 40.7 Å². The second-order valence-corrected chi connectivity index (χ2v) is 12.1. The summed E-state index contributed by atoms with van der Waals surface area (Å²) in [4.78, 5) is 49.8. The highest BCUT2D eigenvalue weighted by Crippen LogP contribution is 2.64. The Balaban J connectivity index is 1.48. The number of furan rings is 1. The first-order chi connectivity index (χ1) is 21.8. The number of fused-ring (bicyclic) bond motifs is 4. The molecule has 1 saturated heterocycles. The van der Waals surface area contributed by atoms with Crippen LogP contribution in [0.4, 0.5) is 27.6 Å². The number of aromatic nitrogens is 3. The van der Waals surface area contributed by atoms with E-state index >= 15 is 8.78 Å². The first-order valence-corrected chi connectivity index (χ1v) is 14.2. The standard InChI is InChI=1S/C29H17Cl2F5N4O6/c30-28-10-15-14(8-9-37-26(44)38(27(45)40(15)37)12-4-2-1-3-5-12)17(16-7-6-13(11-41)46-16)29(28,31)25(43)39(24(28)42)23-21(35)19(33)18(32)20(34)22(23)36/h1-8,15,17,41H,9-11H2/t15-,17-,28-,29+/m1/s1. The molecule has 7 rings (SSSR count). The van der Waals surface area contributed by atoms with Crippen LogP contribution in [0.15, 0.2) is 68.1 Å². The fourth-order valence-electron chi connectivity index (χ4n) is 6.57. The van der Waals surface area contributed by atoms with Crippen molar-refractivity contribution in [1.29, 1.82) is 0 Å². The van der Waals surface area contributed by atoms with E-state index in [-0.39, 0.29) is 34.2 Å². The van der Waals surface area contributed by atoms with E-state index in [1.807, 2.05) is 0 Å². The van der Waals surface area contributed by atoms with Crippen LogP contribution in [0.1, 0.15) is 29.9 Å². The third-order valence-corrected chi connectivity index (χ3v) is 10.0. The lowest BCUT2D eigenvalue weighted by Crippen LogP contribution is -2.59. The van der Waals surface area contributed by atoms with Crippen molar-refractivity contribution in [2.75, 3.05) is 4.90 Å². The summed E-state index contributed by atoms with van der Waals surface area (Å²) in [6, 6.07) is 9.10. The molecule has 0 unspecified atom stereocenters. The Bertz CT molecular complexity index is 2130. The van der Waals surface area contributed by atoms with Crippen molar-refractivity contribution < 1.29 is 41.1 Å². The maximum atomic E-state index is 15.1. The van der Waals surface area contributed by atoms with Crippen molar-refractivity contribution in [3.8, 4) is 5.69 Å². The molecule has 17 heteroatoms. The van der Waals surface area contributed by atoms with Crippen LogP contribution >= 0.6 is 23.2 Å². The average Bonchev–Trinajstić information content (AvgIpc) is 3.66. The SMILES string of the molecule is O=C1N(c2c(F)c(F)c(F)c(F)c2F)C(=O)[C@@]2(Cl)[C@@H](c3ccc(CO)o3)C3=CCn4c(=O)n(-c5ccccc5)c(=O)n4[C@@H]3C[C@@]12Cl. The zero-order chi connectivity index (χ0) is 33.0. The highest BCUT2D eigenvalue weighted by molar-refractivity contribution is 6.58.